The zero-order valence-corrected chi connectivity index (χ0v) is 7.20. The van der Waals surface area contributed by atoms with Crippen LogP contribution in [0, 0.1) is 18.2 Å². The Hall–Kier alpha value is -1.14. The molecular formula is C9H8FNS. The molecule has 0 aliphatic carbocycles. The maximum Gasteiger partial charge on any atom is 0.124 e. The number of anilines is 1. The van der Waals surface area contributed by atoms with Gasteiger partial charge in [0.05, 0.1) is 5.75 Å². The van der Waals surface area contributed by atoms with Crippen LogP contribution in [0.2, 0.25) is 0 Å². The maximum atomic E-state index is 12.7. The Morgan fingerprint density at radius 2 is 2.33 bits per heavy atom. The van der Waals surface area contributed by atoms with Gasteiger partial charge in [0.2, 0.25) is 0 Å². The minimum absolute atomic E-state index is 0.288. The molecule has 0 bridgehead atoms. The first-order valence-corrected chi connectivity index (χ1v) is 4.34. The van der Waals surface area contributed by atoms with E-state index in [2.05, 4.69) is 5.92 Å². The highest BCUT2D eigenvalue weighted by atomic mass is 32.2. The highest BCUT2D eigenvalue weighted by Crippen LogP contribution is 2.24. The zero-order chi connectivity index (χ0) is 8.97. The van der Waals surface area contributed by atoms with Crippen LogP contribution in [0.25, 0.3) is 0 Å². The van der Waals surface area contributed by atoms with Crippen LogP contribution in [0.5, 0.6) is 0 Å². The van der Waals surface area contributed by atoms with E-state index in [1.807, 2.05) is 0 Å². The van der Waals surface area contributed by atoms with Gasteiger partial charge < -0.3 is 5.73 Å². The minimum Gasteiger partial charge on any atom is -0.398 e. The Labute approximate surface area is 75.2 Å². The summed E-state index contributed by atoms with van der Waals surface area (Å²) in [7, 11) is 0. The van der Waals surface area contributed by atoms with Crippen molar-refractivity contribution >= 4 is 17.4 Å². The number of hydrogen-bond acceptors (Lipinski definition) is 2. The predicted octanol–water partition coefficient (Wildman–Crippen LogP) is 2.13. The fraction of sp³-hybridized carbons (Fsp3) is 0.111. The van der Waals surface area contributed by atoms with E-state index in [4.69, 9.17) is 12.2 Å². The van der Waals surface area contributed by atoms with Crippen molar-refractivity contribution in [2.24, 2.45) is 0 Å². The molecule has 1 nitrogen and oxygen atoms in total. The monoisotopic (exact) mass is 181 g/mol. The fourth-order valence-corrected chi connectivity index (χ4v) is 1.42. The first-order valence-electron chi connectivity index (χ1n) is 3.35. The van der Waals surface area contributed by atoms with Crippen LogP contribution in [0.1, 0.15) is 0 Å². The Bertz CT molecular complexity index is 317. The van der Waals surface area contributed by atoms with Gasteiger partial charge in [0.25, 0.3) is 0 Å². The van der Waals surface area contributed by atoms with Gasteiger partial charge in [0.15, 0.2) is 0 Å². The summed E-state index contributed by atoms with van der Waals surface area (Å²) in [6, 6.07) is 4.25. The lowest BCUT2D eigenvalue weighted by Crippen LogP contribution is -1.89. The second-order valence-corrected chi connectivity index (χ2v) is 3.19. The Morgan fingerprint density at radius 3 is 3.00 bits per heavy atom. The van der Waals surface area contributed by atoms with Crippen LogP contribution < -0.4 is 5.73 Å². The third-order valence-electron chi connectivity index (χ3n) is 1.29. The van der Waals surface area contributed by atoms with Crippen molar-refractivity contribution in [3.8, 4) is 12.3 Å². The Balaban J connectivity index is 2.84. The molecule has 2 N–H and O–H groups in total. The van der Waals surface area contributed by atoms with Crippen molar-refractivity contribution < 1.29 is 4.39 Å². The Morgan fingerprint density at radius 1 is 1.58 bits per heavy atom. The molecule has 0 aliphatic rings. The second-order valence-electron chi connectivity index (χ2n) is 2.17. The summed E-state index contributed by atoms with van der Waals surface area (Å²) in [5.41, 5.74) is 6.14. The summed E-state index contributed by atoms with van der Waals surface area (Å²) in [6.45, 7) is 0. The Kier molecular flexibility index (Phi) is 3.01. The third kappa shape index (κ3) is 2.18. The molecule has 0 fully saturated rings. The van der Waals surface area contributed by atoms with Crippen molar-refractivity contribution in [3.05, 3.63) is 24.0 Å². The zero-order valence-electron chi connectivity index (χ0n) is 6.38. The number of nitrogen functional groups attached to an aromatic ring is 1. The molecule has 12 heavy (non-hydrogen) atoms. The lowest BCUT2D eigenvalue weighted by Gasteiger charge is -2.01. The summed E-state index contributed by atoms with van der Waals surface area (Å²) >= 11 is 1.36. The first kappa shape index (κ1) is 8.95. The number of benzene rings is 1. The maximum absolute atomic E-state index is 12.7. The fourth-order valence-electron chi connectivity index (χ4n) is 0.753. The van der Waals surface area contributed by atoms with Gasteiger partial charge in [0, 0.05) is 10.6 Å². The molecule has 0 radical (unpaired) electrons. The van der Waals surface area contributed by atoms with Crippen LogP contribution in [-0.2, 0) is 0 Å². The first-order chi connectivity index (χ1) is 5.74. The summed E-state index contributed by atoms with van der Waals surface area (Å²) in [5, 5.41) is 0. The van der Waals surface area contributed by atoms with Gasteiger partial charge in [-0.15, -0.1) is 18.2 Å². The molecule has 0 atom stereocenters. The number of hydrogen-bond donors (Lipinski definition) is 1. The highest BCUT2D eigenvalue weighted by molar-refractivity contribution is 7.99. The van der Waals surface area contributed by atoms with Crippen LogP contribution in [0.15, 0.2) is 23.1 Å². The summed E-state index contributed by atoms with van der Waals surface area (Å²) in [5.74, 6) is 2.67. The van der Waals surface area contributed by atoms with Gasteiger partial charge in [0.1, 0.15) is 5.82 Å². The molecule has 1 aromatic rings. The van der Waals surface area contributed by atoms with E-state index in [0.717, 1.165) is 0 Å². The van der Waals surface area contributed by atoms with E-state index < -0.39 is 0 Å². The number of nitrogens with two attached hydrogens (primary N) is 1. The normalized spacial score (nSPS) is 9.33. The van der Waals surface area contributed by atoms with Crippen LogP contribution >= 0.6 is 11.8 Å². The molecule has 62 valence electrons. The summed E-state index contributed by atoms with van der Waals surface area (Å²) in [6.07, 6.45) is 5.06. The quantitative estimate of drug-likeness (QED) is 0.429. The van der Waals surface area contributed by atoms with Crippen LogP contribution in [0.4, 0.5) is 10.1 Å². The van der Waals surface area contributed by atoms with Crippen molar-refractivity contribution in [1.29, 1.82) is 0 Å². The average Bonchev–Trinajstić information content (AvgIpc) is 2.07. The number of halogens is 1. The third-order valence-corrected chi connectivity index (χ3v) is 2.26. The number of terminal acetylenes is 1. The second kappa shape index (κ2) is 4.03. The SMILES string of the molecule is C#CCSc1cc(F)ccc1N. The molecule has 1 rings (SSSR count). The smallest absolute Gasteiger partial charge is 0.124 e. The van der Waals surface area contributed by atoms with Gasteiger partial charge in [-0.05, 0) is 18.2 Å². The number of thioether (sulfide) groups is 1. The van der Waals surface area contributed by atoms with Gasteiger partial charge in [-0.2, -0.15) is 0 Å². The molecule has 0 unspecified atom stereocenters. The lowest BCUT2D eigenvalue weighted by atomic mass is 10.3. The van der Waals surface area contributed by atoms with Gasteiger partial charge >= 0.3 is 0 Å². The van der Waals surface area contributed by atoms with Gasteiger partial charge in [-0.3, -0.25) is 0 Å². The van der Waals surface area contributed by atoms with E-state index in [-0.39, 0.29) is 5.82 Å². The van der Waals surface area contributed by atoms with Crippen LogP contribution in [0.3, 0.4) is 0 Å². The molecule has 0 amide bonds. The molecule has 1 aromatic carbocycles. The van der Waals surface area contributed by atoms with E-state index in [9.17, 15) is 4.39 Å². The lowest BCUT2D eigenvalue weighted by molar-refractivity contribution is 0.624. The minimum atomic E-state index is -0.288. The van der Waals surface area contributed by atoms with E-state index in [1.54, 1.807) is 0 Å². The van der Waals surface area contributed by atoms with E-state index >= 15 is 0 Å². The molecular weight excluding hydrogens is 173 g/mol. The van der Waals surface area contributed by atoms with Crippen molar-refractivity contribution in [2.45, 2.75) is 4.90 Å². The van der Waals surface area contributed by atoms with E-state index in [1.165, 1.54) is 30.0 Å². The molecule has 3 heteroatoms. The predicted molar refractivity (Wildman–Crippen MR) is 50.4 cm³/mol. The van der Waals surface area contributed by atoms with E-state index in [0.29, 0.717) is 16.3 Å². The average molecular weight is 181 g/mol. The van der Waals surface area contributed by atoms with Gasteiger partial charge in [-0.1, -0.05) is 5.92 Å². The van der Waals surface area contributed by atoms with Crippen molar-refractivity contribution in [3.63, 3.8) is 0 Å². The molecule has 0 aliphatic heterocycles. The molecule has 0 heterocycles. The number of rotatable bonds is 2. The highest BCUT2D eigenvalue weighted by Gasteiger charge is 1.99. The van der Waals surface area contributed by atoms with Crippen LogP contribution in [-0.4, -0.2) is 5.75 Å². The molecule has 0 saturated heterocycles. The molecule has 0 aromatic heterocycles. The van der Waals surface area contributed by atoms with Gasteiger partial charge in [-0.25, -0.2) is 4.39 Å². The largest absolute Gasteiger partial charge is 0.398 e. The van der Waals surface area contributed by atoms with Crippen molar-refractivity contribution in [1.82, 2.24) is 0 Å². The summed E-state index contributed by atoms with van der Waals surface area (Å²) < 4.78 is 12.7. The van der Waals surface area contributed by atoms with Crippen molar-refractivity contribution in [2.75, 3.05) is 11.5 Å². The molecule has 0 saturated carbocycles. The standard InChI is InChI=1S/C9H8FNS/c1-2-5-12-9-6-7(10)3-4-8(9)11/h1,3-4,6H,5,11H2. The summed E-state index contributed by atoms with van der Waals surface area (Å²) in [4.78, 5) is 0.702. The molecule has 0 spiro atoms. The topological polar surface area (TPSA) is 26.0 Å².